The predicted octanol–water partition coefficient (Wildman–Crippen LogP) is 3.67. The summed E-state index contributed by atoms with van der Waals surface area (Å²) in [6.07, 6.45) is -0.344. The maximum absolute atomic E-state index is 12.1. The molecule has 0 fully saturated rings. The van der Waals surface area contributed by atoms with Crippen LogP contribution in [0.3, 0.4) is 0 Å². The Hall–Kier alpha value is -1.07. The van der Waals surface area contributed by atoms with Gasteiger partial charge >= 0.3 is 6.09 Å². The van der Waals surface area contributed by atoms with Gasteiger partial charge < -0.3 is 9.47 Å². The molecule has 0 radical (unpaired) electrons. The van der Waals surface area contributed by atoms with E-state index in [0.717, 1.165) is 15.6 Å². The Morgan fingerprint density at radius 3 is 2.79 bits per heavy atom. The van der Waals surface area contributed by atoms with Crippen LogP contribution in [0.5, 0.6) is 0 Å². The van der Waals surface area contributed by atoms with E-state index in [1.54, 1.807) is 4.90 Å². The molecule has 1 aromatic carbocycles. The monoisotopic (exact) mass is 327 g/mol. The number of carbonyl (C=O) groups is 1. The van der Waals surface area contributed by atoms with Crippen LogP contribution in [0.2, 0.25) is 0 Å². The zero-order valence-corrected chi connectivity index (χ0v) is 13.0. The molecule has 1 heterocycles. The van der Waals surface area contributed by atoms with Gasteiger partial charge in [-0.05, 0) is 44.0 Å². The Balaban J connectivity index is 2.13. The summed E-state index contributed by atoms with van der Waals surface area (Å²) < 4.78 is 11.9. The van der Waals surface area contributed by atoms with Crippen molar-refractivity contribution in [2.24, 2.45) is 0 Å². The van der Waals surface area contributed by atoms with Gasteiger partial charge in [0.2, 0.25) is 0 Å². The fourth-order valence-electron chi connectivity index (χ4n) is 1.84. The average molecular weight is 328 g/mol. The van der Waals surface area contributed by atoms with Crippen LogP contribution in [0.15, 0.2) is 22.7 Å². The van der Waals surface area contributed by atoms with Crippen molar-refractivity contribution in [2.75, 3.05) is 6.73 Å². The van der Waals surface area contributed by atoms with Crippen molar-refractivity contribution in [3.8, 4) is 0 Å². The normalized spacial score (nSPS) is 15.7. The van der Waals surface area contributed by atoms with E-state index in [4.69, 9.17) is 9.47 Å². The molecule has 1 aromatic rings. The van der Waals surface area contributed by atoms with Crippen molar-refractivity contribution in [1.82, 2.24) is 4.90 Å². The van der Waals surface area contributed by atoms with Gasteiger partial charge in [0, 0.05) is 4.47 Å². The van der Waals surface area contributed by atoms with Crippen LogP contribution in [-0.4, -0.2) is 23.3 Å². The van der Waals surface area contributed by atoms with Gasteiger partial charge in [-0.15, -0.1) is 0 Å². The number of hydrogen-bond acceptors (Lipinski definition) is 3. The van der Waals surface area contributed by atoms with E-state index < -0.39 is 5.60 Å². The first-order chi connectivity index (χ1) is 8.85. The number of halogens is 1. The lowest BCUT2D eigenvalue weighted by molar-refractivity contribution is -0.0156. The highest BCUT2D eigenvalue weighted by Crippen LogP contribution is 2.22. The van der Waals surface area contributed by atoms with E-state index >= 15 is 0 Å². The lowest BCUT2D eigenvalue weighted by Gasteiger charge is -2.26. The van der Waals surface area contributed by atoms with E-state index in [2.05, 4.69) is 15.9 Å². The highest BCUT2D eigenvalue weighted by molar-refractivity contribution is 9.10. The molecule has 1 amide bonds. The molecule has 19 heavy (non-hydrogen) atoms. The van der Waals surface area contributed by atoms with Gasteiger partial charge in [0.05, 0.1) is 13.2 Å². The predicted molar refractivity (Wildman–Crippen MR) is 75.6 cm³/mol. The lowest BCUT2D eigenvalue weighted by Crippen LogP contribution is -2.36. The van der Waals surface area contributed by atoms with Crippen molar-refractivity contribution in [3.05, 3.63) is 33.8 Å². The third-order valence-corrected chi connectivity index (χ3v) is 3.18. The third kappa shape index (κ3) is 3.94. The highest BCUT2D eigenvalue weighted by Gasteiger charge is 2.24. The van der Waals surface area contributed by atoms with Crippen LogP contribution in [0, 0.1) is 0 Å². The van der Waals surface area contributed by atoms with Crippen LogP contribution >= 0.6 is 15.9 Å². The number of hydrogen-bond donors (Lipinski definition) is 0. The van der Waals surface area contributed by atoms with E-state index in [-0.39, 0.29) is 12.8 Å². The average Bonchev–Trinajstić information content (AvgIpc) is 2.48. The first kappa shape index (κ1) is 14.3. The summed E-state index contributed by atoms with van der Waals surface area (Å²) in [6.45, 7) is 6.84. The molecule has 0 aliphatic carbocycles. The van der Waals surface area contributed by atoms with Gasteiger partial charge in [-0.1, -0.05) is 22.0 Å². The minimum atomic E-state index is -0.494. The molecule has 0 saturated heterocycles. The van der Waals surface area contributed by atoms with E-state index in [1.807, 2.05) is 39.0 Å². The van der Waals surface area contributed by atoms with Crippen molar-refractivity contribution < 1.29 is 14.3 Å². The molecular formula is C14H18BrNO3. The van der Waals surface area contributed by atoms with Crippen molar-refractivity contribution in [2.45, 2.75) is 39.5 Å². The summed E-state index contributed by atoms with van der Waals surface area (Å²) in [6, 6.07) is 6.00. The summed E-state index contributed by atoms with van der Waals surface area (Å²) in [4.78, 5) is 13.6. The van der Waals surface area contributed by atoms with E-state index in [0.29, 0.717) is 13.2 Å². The smallest absolute Gasteiger partial charge is 0.412 e. The summed E-state index contributed by atoms with van der Waals surface area (Å²) in [5.41, 5.74) is 1.69. The van der Waals surface area contributed by atoms with E-state index in [9.17, 15) is 4.79 Å². The Morgan fingerprint density at radius 1 is 1.37 bits per heavy atom. The molecule has 104 valence electrons. The molecule has 4 nitrogen and oxygen atoms in total. The van der Waals surface area contributed by atoms with Crippen LogP contribution < -0.4 is 0 Å². The minimum absolute atomic E-state index is 0.251. The number of carbonyl (C=O) groups excluding carboxylic acids is 1. The molecule has 0 aromatic heterocycles. The van der Waals surface area contributed by atoms with Gasteiger partial charge in [-0.3, -0.25) is 4.90 Å². The molecule has 0 bridgehead atoms. The number of benzene rings is 1. The van der Waals surface area contributed by atoms with Crippen molar-refractivity contribution in [1.29, 1.82) is 0 Å². The number of fused-ring (bicyclic) bond motifs is 1. The van der Waals surface area contributed by atoms with Gasteiger partial charge in [0.15, 0.2) is 0 Å². The second-order valence-corrected chi connectivity index (χ2v) is 6.48. The molecule has 0 unspecified atom stereocenters. The Labute approximate surface area is 121 Å². The van der Waals surface area contributed by atoms with Gasteiger partial charge in [-0.2, -0.15) is 0 Å². The second-order valence-electron chi connectivity index (χ2n) is 5.57. The zero-order valence-electron chi connectivity index (χ0n) is 11.4. The molecule has 5 heteroatoms. The molecule has 0 spiro atoms. The molecule has 1 aliphatic heterocycles. The summed E-state index contributed by atoms with van der Waals surface area (Å²) in [5, 5.41) is 0. The minimum Gasteiger partial charge on any atom is -0.444 e. The maximum Gasteiger partial charge on any atom is 0.412 e. The van der Waals surface area contributed by atoms with Gasteiger partial charge in [0.1, 0.15) is 12.3 Å². The SMILES string of the molecule is CC(C)(C)OC(=O)N1COCc2cc(Br)ccc2C1. The topological polar surface area (TPSA) is 38.8 Å². The second kappa shape index (κ2) is 5.51. The van der Waals surface area contributed by atoms with Gasteiger partial charge in [0.25, 0.3) is 0 Å². The summed E-state index contributed by atoms with van der Waals surface area (Å²) in [5.74, 6) is 0. The fourth-order valence-corrected chi connectivity index (χ4v) is 2.25. The quantitative estimate of drug-likeness (QED) is 0.729. The van der Waals surface area contributed by atoms with Gasteiger partial charge in [-0.25, -0.2) is 4.79 Å². The molecule has 0 saturated carbocycles. The highest BCUT2D eigenvalue weighted by atomic mass is 79.9. The largest absolute Gasteiger partial charge is 0.444 e. The zero-order chi connectivity index (χ0) is 14.0. The van der Waals surface area contributed by atoms with Crippen LogP contribution in [0.4, 0.5) is 4.79 Å². The van der Waals surface area contributed by atoms with Crippen molar-refractivity contribution >= 4 is 22.0 Å². The molecule has 0 N–H and O–H groups in total. The standard InChI is InChI=1S/C14H18BrNO3/c1-14(2,3)19-13(17)16-7-10-4-5-12(15)6-11(10)8-18-9-16/h4-6H,7-9H2,1-3H3. The van der Waals surface area contributed by atoms with Crippen LogP contribution in [0.25, 0.3) is 0 Å². The molecular weight excluding hydrogens is 310 g/mol. The first-order valence-corrected chi connectivity index (χ1v) is 6.97. The lowest BCUT2D eigenvalue weighted by atomic mass is 10.1. The third-order valence-electron chi connectivity index (χ3n) is 2.69. The summed E-state index contributed by atoms with van der Waals surface area (Å²) >= 11 is 3.44. The number of amides is 1. The fraction of sp³-hybridized carbons (Fsp3) is 0.500. The Morgan fingerprint density at radius 2 is 2.11 bits per heavy atom. The number of rotatable bonds is 0. The first-order valence-electron chi connectivity index (χ1n) is 6.18. The number of ether oxygens (including phenoxy) is 2. The number of nitrogens with zero attached hydrogens (tertiary/aromatic N) is 1. The maximum atomic E-state index is 12.1. The Kier molecular flexibility index (Phi) is 4.16. The molecule has 2 rings (SSSR count). The molecule has 1 aliphatic rings. The van der Waals surface area contributed by atoms with Crippen LogP contribution in [0.1, 0.15) is 31.9 Å². The van der Waals surface area contributed by atoms with Crippen LogP contribution in [-0.2, 0) is 22.6 Å². The summed E-state index contributed by atoms with van der Waals surface area (Å²) in [7, 11) is 0. The van der Waals surface area contributed by atoms with E-state index in [1.165, 1.54) is 0 Å². The Bertz CT molecular complexity index is 482. The van der Waals surface area contributed by atoms with Crippen molar-refractivity contribution in [3.63, 3.8) is 0 Å². The molecule has 0 atom stereocenters.